The zero-order valence-corrected chi connectivity index (χ0v) is 11.6. The molecule has 0 unspecified atom stereocenters. The molecular weight excluding hydrogens is 250 g/mol. The van der Waals surface area contributed by atoms with Gasteiger partial charge in [-0.15, -0.1) is 11.6 Å². The number of alkyl halides is 1. The molecule has 1 fully saturated rings. The van der Waals surface area contributed by atoms with E-state index in [1.807, 2.05) is 18.2 Å². The first-order valence-electron chi connectivity index (χ1n) is 6.38. The van der Waals surface area contributed by atoms with Crippen LogP contribution in [-0.2, 0) is 10.6 Å². The van der Waals surface area contributed by atoms with Crippen molar-refractivity contribution in [1.82, 2.24) is 4.90 Å². The summed E-state index contributed by atoms with van der Waals surface area (Å²) in [5.74, 6) is 1.48. The number of halogens is 1. The summed E-state index contributed by atoms with van der Waals surface area (Å²) in [5.41, 5.74) is 2.29. The molecule has 1 saturated heterocycles. The lowest BCUT2D eigenvalue weighted by Gasteiger charge is -2.26. The monoisotopic (exact) mass is 269 g/mol. The highest BCUT2D eigenvalue weighted by Gasteiger charge is 2.10. The minimum Gasteiger partial charge on any atom is -0.492 e. The summed E-state index contributed by atoms with van der Waals surface area (Å²) in [5, 5.41) is 0. The molecule has 0 amide bonds. The summed E-state index contributed by atoms with van der Waals surface area (Å²) >= 11 is 5.88. The lowest BCUT2D eigenvalue weighted by Crippen LogP contribution is -2.38. The molecule has 1 aromatic carbocycles. The average Bonchev–Trinajstić information content (AvgIpc) is 2.42. The molecule has 1 aliphatic heterocycles. The third-order valence-corrected chi connectivity index (χ3v) is 3.60. The summed E-state index contributed by atoms with van der Waals surface area (Å²) in [6.07, 6.45) is 0. The first-order valence-corrected chi connectivity index (χ1v) is 6.92. The molecule has 0 bridgehead atoms. The van der Waals surface area contributed by atoms with Gasteiger partial charge in [-0.3, -0.25) is 4.90 Å². The third-order valence-electron chi connectivity index (χ3n) is 3.31. The second-order valence-corrected chi connectivity index (χ2v) is 4.74. The number of morpholine rings is 1. The topological polar surface area (TPSA) is 21.7 Å². The molecule has 4 heteroatoms. The van der Waals surface area contributed by atoms with Crippen LogP contribution < -0.4 is 4.74 Å². The Morgan fingerprint density at radius 2 is 2.11 bits per heavy atom. The zero-order chi connectivity index (χ0) is 12.8. The van der Waals surface area contributed by atoms with Crippen molar-refractivity contribution in [3.05, 3.63) is 29.3 Å². The van der Waals surface area contributed by atoms with E-state index in [1.54, 1.807) is 0 Å². The molecule has 18 heavy (non-hydrogen) atoms. The molecule has 1 aliphatic rings. The van der Waals surface area contributed by atoms with Gasteiger partial charge < -0.3 is 9.47 Å². The molecule has 100 valence electrons. The molecule has 2 rings (SSSR count). The van der Waals surface area contributed by atoms with Crippen LogP contribution in [0.4, 0.5) is 0 Å². The van der Waals surface area contributed by atoms with Crippen molar-refractivity contribution >= 4 is 11.6 Å². The maximum absolute atomic E-state index is 5.88. The maximum Gasteiger partial charge on any atom is 0.122 e. The molecule has 3 nitrogen and oxygen atoms in total. The normalized spacial score (nSPS) is 16.8. The first-order chi connectivity index (χ1) is 8.81. The van der Waals surface area contributed by atoms with Crippen molar-refractivity contribution in [2.45, 2.75) is 12.8 Å². The van der Waals surface area contributed by atoms with Gasteiger partial charge in [0.05, 0.1) is 13.2 Å². The van der Waals surface area contributed by atoms with Gasteiger partial charge in [-0.05, 0) is 24.1 Å². The van der Waals surface area contributed by atoms with Gasteiger partial charge in [-0.25, -0.2) is 0 Å². The quantitative estimate of drug-likeness (QED) is 0.767. The minimum absolute atomic E-state index is 0.534. The average molecular weight is 270 g/mol. The summed E-state index contributed by atoms with van der Waals surface area (Å²) in [6.45, 7) is 7.40. The van der Waals surface area contributed by atoms with Crippen LogP contribution in [0.3, 0.4) is 0 Å². The van der Waals surface area contributed by atoms with Crippen molar-refractivity contribution in [2.75, 3.05) is 39.5 Å². The fourth-order valence-electron chi connectivity index (χ4n) is 2.07. The summed E-state index contributed by atoms with van der Waals surface area (Å²) in [7, 11) is 0. The van der Waals surface area contributed by atoms with Crippen LogP contribution in [0.1, 0.15) is 11.1 Å². The van der Waals surface area contributed by atoms with Gasteiger partial charge >= 0.3 is 0 Å². The van der Waals surface area contributed by atoms with E-state index < -0.39 is 0 Å². The second kappa shape index (κ2) is 6.98. The fraction of sp³-hybridized carbons (Fsp3) is 0.571. The molecule has 1 heterocycles. The third kappa shape index (κ3) is 3.61. The van der Waals surface area contributed by atoms with Crippen molar-refractivity contribution < 1.29 is 9.47 Å². The van der Waals surface area contributed by atoms with Crippen LogP contribution in [-0.4, -0.2) is 44.4 Å². The highest BCUT2D eigenvalue weighted by molar-refractivity contribution is 6.17. The lowest BCUT2D eigenvalue weighted by molar-refractivity contribution is 0.0322. The van der Waals surface area contributed by atoms with E-state index in [0.717, 1.165) is 49.7 Å². The van der Waals surface area contributed by atoms with Gasteiger partial charge in [0, 0.05) is 25.5 Å². The Kier molecular flexibility index (Phi) is 5.29. The van der Waals surface area contributed by atoms with Gasteiger partial charge in [0.2, 0.25) is 0 Å². The Labute approximate surface area is 114 Å². The number of hydrogen-bond acceptors (Lipinski definition) is 3. The first kappa shape index (κ1) is 13.7. The largest absolute Gasteiger partial charge is 0.492 e. The summed E-state index contributed by atoms with van der Waals surface area (Å²) in [4.78, 5) is 2.37. The van der Waals surface area contributed by atoms with E-state index in [1.165, 1.54) is 0 Å². The second-order valence-electron chi connectivity index (χ2n) is 4.48. The van der Waals surface area contributed by atoms with Crippen molar-refractivity contribution in [3.63, 3.8) is 0 Å². The molecule has 0 radical (unpaired) electrons. The molecule has 0 spiro atoms. The Bertz CT molecular complexity index is 378. The Morgan fingerprint density at radius 3 is 2.83 bits per heavy atom. The van der Waals surface area contributed by atoms with Crippen molar-refractivity contribution in [1.29, 1.82) is 0 Å². The van der Waals surface area contributed by atoms with E-state index in [-0.39, 0.29) is 0 Å². The van der Waals surface area contributed by atoms with Gasteiger partial charge in [0.25, 0.3) is 0 Å². The minimum atomic E-state index is 0.534. The summed E-state index contributed by atoms with van der Waals surface area (Å²) in [6, 6.07) is 6.04. The molecule has 0 N–H and O–H groups in total. The van der Waals surface area contributed by atoms with Crippen LogP contribution in [0.5, 0.6) is 5.75 Å². The summed E-state index contributed by atoms with van der Waals surface area (Å²) < 4.78 is 11.2. The highest BCUT2D eigenvalue weighted by Crippen LogP contribution is 2.22. The number of benzene rings is 1. The number of ether oxygens (including phenoxy) is 2. The van der Waals surface area contributed by atoms with Crippen molar-refractivity contribution in [3.8, 4) is 5.75 Å². The van der Waals surface area contributed by atoms with E-state index in [2.05, 4.69) is 11.8 Å². The van der Waals surface area contributed by atoms with Crippen LogP contribution >= 0.6 is 11.6 Å². The Morgan fingerprint density at radius 1 is 1.33 bits per heavy atom. The van der Waals surface area contributed by atoms with Crippen LogP contribution in [0.25, 0.3) is 0 Å². The number of nitrogens with zero attached hydrogens (tertiary/aromatic N) is 1. The molecule has 1 aromatic rings. The van der Waals surface area contributed by atoms with Crippen molar-refractivity contribution in [2.24, 2.45) is 0 Å². The predicted molar refractivity (Wildman–Crippen MR) is 73.5 cm³/mol. The SMILES string of the molecule is Cc1c(CCl)cccc1OCCN1CCOCC1. The smallest absolute Gasteiger partial charge is 0.122 e. The molecule has 0 aliphatic carbocycles. The van der Waals surface area contributed by atoms with Gasteiger partial charge in [0.1, 0.15) is 12.4 Å². The molecule has 0 aromatic heterocycles. The fourth-order valence-corrected chi connectivity index (χ4v) is 2.36. The van der Waals surface area contributed by atoms with E-state index >= 15 is 0 Å². The standard InChI is InChI=1S/C14H20ClNO2/c1-12-13(11-15)3-2-4-14(12)18-10-7-16-5-8-17-9-6-16/h2-4H,5-11H2,1H3. The highest BCUT2D eigenvalue weighted by atomic mass is 35.5. The maximum atomic E-state index is 5.88. The number of hydrogen-bond donors (Lipinski definition) is 0. The van der Waals surface area contributed by atoms with E-state index in [9.17, 15) is 0 Å². The number of rotatable bonds is 5. The lowest BCUT2D eigenvalue weighted by atomic mass is 10.1. The Balaban J connectivity index is 1.82. The van der Waals surface area contributed by atoms with Crippen LogP contribution in [0.15, 0.2) is 18.2 Å². The zero-order valence-electron chi connectivity index (χ0n) is 10.8. The molecular formula is C14H20ClNO2. The van der Waals surface area contributed by atoms with Crippen LogP contribution in [0, 0.1) is 6.92 Å². The van der Waals surface area contributed by atoms with Gasteiger partial charge in [-0.2, -0.15) is 0 Å². The van der Waals surface area contributed by atoms with E-state index in [4.69, 9.17) is 21.1 Å². The Hall–Kier alpha value is -0.770. The van der Waals surface area contributed by atoms with Gasteiger partial charge in [0.15, 0.2) is 0 Å². The molecule has 0 atom stereocenters. The van der Waals surface area contributed by atoms with Gasteiger partial charge in [-0.1, -0.05) is 12.1 Å². The molecule has 0 saturated carbocycles. The van der Waals surface area contributed by atoms with Crippen LogP contribution in [0.2, 0.25) is 0 Å². The predicted octanol–water partition coefficient (Wildman–Crippen LogP) is 2.44. The van der Waals surface area contributed by atoms with E-state index in [0.29, 0.717) is 12.5 Å².